The first-order valence-corrected chi connectivity index (χ1v) is 10.3. The smallest absolute Gasteiger partial charge is 0.257 e. The van der Waals surface area contributed by atoms with Crippen LogP contribution in [-0.2, 0) is 13.2 Å². The number of aliphatic hydroxyl groups excluding tert-OH is 1. The summed E-state index contributed by atoms with van der Waals surface area (Å²) >= 11 is 0. The third-order valence-electron chi connectivity index (χ3n) is 5.32. The number of hydrogen-bond donors (Lipinski definition) is 2. The molecule has 0 bridgehead atoms. The maximum Gasteiger partial charge on any atom is 0.257 e. The number of nitrogens with zero attached hydrogens (tertiary/aromatic N) is 2. The number of carbonyl (C=O) groups excluding carboxylic acids is 1. The van der Waals surface area contributed by atoms with Crippen LogP contribution < -0.4 is 10.1 Å². The van der Waals surface area contributed by atoms with Crippen molar-refractivity contribution in [3.63, 3.8) is 0 Å². The largest absolute Gasteiger partial charge is 0.477 e. The van der Waals surface area contributed by atoms with E-state index in [-0.39, 0.29) is 30.8 Å². The van der Waals surface area contributed by atoms with Gasteiger partial charge in [0, 0.05) is 36.3 Å². The fourth-order valence-electron chi connectivity index (χ4n) is 3.22. The lowest BCUT2D eigenvalue weighted by molar-refractivity contribution is 0.0945. The average molecular weight is 421 g/mol. The molecule has 4 rings (SSSR count). The van der Waals surface area contributed by atoms with Crippen LogP contribution in [-0.4, -0.2) is 27.6 Å². The van der Waals surface area contributed by atoms with E-state index in [4.69, 9.17) is 4.74 Å². The second-order valence-electron chi connectivity index (χ2n) is 7.79. The fraction of sp³-hybridized carbons (Fsp3) is 0.292. The van der Waals surface area contributed by atoms with Crippen LogP contribution in [0.5, 0.6) is 5.88 Å². The summed E-state index contributed by atoms with van der Waals surface area (Å²) in [5, 5.41) is 12.4. The molecule has 31 heavy (non-hydrogen) atoms. The average Bonchev–Trinajstić information content (AvgIpc) is 3.62. The number of aryl methyl sites for hydroxylation is 1. The molecule has 2 heterocycles. The second kappa shape index (κ2) is 9.22. The number of ether oxygens (including phenoxy) is 1. The lowest BCUT2D eigenvalue weighted by Gasteiger charge is -2.14. The van der Waals surface area contributed by atoms with Gasteiger partial charge in [0.2, 0.25) is 5.88 Å². The Hall–Kier alpha value is -3.32. The van der Waals surface area contributed by atoms with Gasteiger partial charge in [-0.15, -0.1) is 0 Å². The van der Waals surface area contributed by atoms with E-state index in [9.17, 15) is 14.3 Å². The summed E-state index contributed by atoms with van der Waals surface area (Å²) in [6, 6.07) is 8.35. The first-order valence-electron chi connectivity index (χ1n) is 10.3. The van der Waals surface area contributed by atoms with Gasteiger partial charge in [-0.05, 0) is 60.6 Å². The van der Waals surface area contributed by atoms with Crippen molar-refractivity contribution < 1.29 is 19.0 Å². The first kappa shape index (κ1) is 20.9. The number of nitrogens with one attached hydrogen (secondary N) is 1. The van der Waals surface area contributed by atoms with Crippen LogP contribution in [0.3, 0.4) is 0 Å². The van der Waals surface area contributed by atoms with Gasteiger partial charge in [0.1, 0.15) is 11.4 Å². The molecule has 160 valence electrons. The van der Waals surface area contributed by atoms with Gasteiger partial charge in [0.15, 0.2) is 0 Å². The predicted octanol–water partition coefficient (Wildman–Crippen LogP) is 3.80. The normalized spacial score (nSPS) is 13.1. The summed E-state index contributed by atoms with van der Waals surface area (Å²) in [7, 11) is 0. The van der Waals surface area contributed by atoms with E-state index < -0.39 is 0 Å². The number of amides is 1. The van der Waals surface area contributed by atoms with Gasteiger partial charge < -0.3 is 15.2 Å². The molecule has 3 aromatic rings. The molecule has 6 nitrogen and oxygen atoms in total. The van der Waals surface area contributed by atoms with Crippen LogP contribution in [0.4, 0.5) is 4.39 Å². The van der Waals surface area contributed by atoms with Crippen LogP contribution in [0.25, 0.3) is 11.1 Å². The van der Waals surface area contributed by atoms with Crippen LogP contribution >= 0.6 is 0 Å². The lowest BCUT2D eigenvalue weighted by atomic mass is 10.0. The molecule has 2 N–H and O–H groups in total. The molecule has 0 aliphatic heterocycles. The number of aromatic nitrogens is 2. The van der Waals surface area contributed by atoms with Gasteiger partial charge in [0.05, 0.1) is 13.2 Å². The summed E-state index contributed by atoms with van der Waals surface area (Å²) in [6.07, 6.45) is 7.07. The van der Waals surface area contributed by atoms with Gasteiger partial charge in [0.25, 0.3) is 5.91 Å². The summed E-state index contributed by atoms with van der Waals surface area (Å²) in [4.78, 5) is 21.4. The highest BCUT2D eigenvalue weighted by Gasteiger charge is 2.24. The number of carbonyl (C=O) groups is 1. The summed E-state index contributed by atoms with van der Waals surface area (Å²) < 4.78 is 19.6. The molecule has 1 fully saturated rings. The molecule has 1 aromatic carbocycles. The maximum atomic E-state index is 13.8. The van der Waals surface area contributed by atoms with E-state index in [1.165, 1.54) is 6.07 Å². The lowest BCUT2D eigenvalue weighted by Crippen LogP contribution is -2.24. The Bertz CT molecular complexity index is 1100. The van der Waals surface area contributed by atoms with Crippen molar-refractivity contribution in [2.75, 3.05) is 6.61 Å². The third-order valence-corrected chi connectivity index (χ3v) is 5.32. The van der Waals surface area contributed by atoms with Gasteiger partial charge in [-0.2, -0.15) is 0 Å². The van der Waals surface area contributed by atoms with E-state index in [0.29, 0.717) is 40.3 Å². The Morgan fingerprint density at radius 1 is 1.26 bits per heavy atom. The van der Waals surface area contributed by atoms with Crippen molar-refractivity contribution in [2.24, 2.45) is 5.92 Å². The minimum absolute atomic E-state index is 0.177. The van der Waals surface area contributed by atoms with Crippen molar-refractivity contribution in [1.82, 2.24) is 15.3 Å². The van der Waals surface area contributed by atoms with Crippen molar-refractivity contribution >= 4 is 5.91 Å². The number of aliphatic hydroxyl groups is 1. The van der Waals surface area contributed by atoms with E-state index in [2.05, 4.69) is 15.3 Å². The molecule has 7 heteroatoms. The van der Waals surface area contributed by atoms with E-state index in [1.807, 2.05) is 0 Å². The predicted molar refractivity (Wildman–Crippen MR) is 114 cm³/mol. The summed E-state index contributed by atoms with van der Waals surface area (Å²) in [5.41, 5.74) is 3.58. The standard InChI is InChI=1S/C24H24FN3O3/c1-15-2-3-17(8-22(15)25)10-27-23(30)21-9-18(20-6-7-26-11-19(20)13-29)12-28-24(21)31-14-16-4-5-16/h2-3,6-9,11-12,16,29H,4-5,10,13-14H2,1H3,(H,27,30). The molecule has 0 unspecified atom stereocenters. The highest BCUT2D eigenvalue weighted by Crippen LogP contribution is 2.31. The molecule has 0 atom stereocenters. The van der Waals surface area contributed by atoms with Crippen LogP contribution in [0.1, 0.15) is 39.9 Å². The van der Waals surface area contributed by atoms with E-state index >= 15 is 0 Å². The molecule has 0 spiro atoms. The summed E-state index contributed by atoms with van der Waals surface area (Å²) in [5.74, 6) is 0.107. The number of pyridine rings is 2. The third kappa shape index (κ3) is 5.06. The first-order chi connectivity index (χ1) is 15.0. The Labute approximate surface area is 180 Å². The Balaban J connectivity index is 1.60. The molecule has 0 saturated heterocycles. The van der Waals surface area contributed by atoms with Crippen LogP contribution in [0.15, 0.2) is 48.9 Å². The van der Waals surface area contributed by atoms with E-state index in [0.717, 1.165) is 18.4 Å². The van der Waals surface area contributed by atoms with E-state index in [1.54, 1.807) is 49.8 Å². The number of rotatable bonds is 8. The van der Waals surface area contributed by atoms with Crippen molar-refractivity contribution in [3.05, 3.63) is 77.0 Å². The van der Waals surface area contributed by atoms with Gasteiger partial charge in [-0.3, -0.25) is 9.78 Å². The Morgan fingerprint density at radius 3 is 2.84 bits per heavy atom. The van der Waals surface area contributed by atoms with Crippen LogP contribution in [0.2, 0.25) is 0 Å². The topological polar surface area (TPSA) is 84.3 Å². The summed E-state index contributed by atoms with van der Waals surface area (Å²) in [6.45, 7) is 2.22. The molecule has 1 amide bonds. The number of benzene rings is 1. The number of halogens is 1. The van der Waals surface area contributed by atoms with Crippen molar-refractivity contribution in [3.8, 4) is 17.0 Å². The monoisotopic (exact) mass is 421 g/mol. The molecule has 1 saturated carbocycles. The number of hydrogen-bond acceptors (Lipinski definition) is 5. The highest BCUT2D eigenvalue weighted by molar-refractivity contribution is 5.97. The molecular formula is C24H24FN3O3. The fourth-order valence-corrected chi connectivity index (χ4v) is 3.22. The zero-order chi connectivity index (χ0) is 21.8. The van der Waals surface area contributed by atoms with Crippen molar-refractivity contribution in [1.29, 1.82) is 0 Å². The maximum absolute atomic E-state index is 13.8. The Morgan fingerprint density at radius 2 is 2.10 bits per heavy atom. The minimum atomic E-state index is -0.360. The SMILES string of the molecule is Cc1ccc(CNC(=O)c2cc(-c3ccncc3CO)cnc2OCC2CC2)cc1F. The Kier molecular flexibility index (Phi) is 6.23. The van der Waals surface area contributed by atoms with Gasteiger partial charge in [-0.25, -0.2) is 9.37 Å². The van der Waals surface area contributed by atoms with Crippen LogP contribution in [0, 0.1) is 18.7 Å². The molecule has 1 aliphatic carbocycles. The van der Waals surface area contributed by atoms with Gasteiger partial charge >= 0.3 is 0 Å². The molecular weight excluding hydrogens is 397 g/mol. The molecule has 0 radical (unpaired) electrons. The zero-order valence-electron chi connectivity index (χ0n) is 17.3. The quantitative estimate of drug-likeness (QED) is 0.578. The second-order valence-corrected chi connectivity index (χ2v) is 7.79. The van der Waals surface area contributed by atoms with Gasteiger partial charge in [-0.1, -0.05) is 12.1 Å². The zero-order valence-corrected chi connectivity index (χ0v) is 17.3. The molecule has 2 aromatic heterocycles. The van der Waals surface area contributed by atoms with Crippen molar-refractivity contribution in [2.45, 2.75) is 32.9 Å². The highest BCUT2D eigenvalue weighted by atomic mass is 19.1. The molecule has 1 aliphatic rings. The minimum Gasteiger partial charge on any atom is -0.477 e.